The Morgan fingerprint density at radius 1 is 1.50 bits per heavy atom. The summed E-state index contributed by atoms with van der Waals surface area (Å²) >= 11 is 3.44. The van der Waals surface area contributed by atoms with E-state index in [4.69, 9.17) is 0 Å². The predicted molar refractivity (Wildman–Crippen MR) is 60.4 cm³/mol. The average molecular weight is 253 g/mol. The number of carbonyl (C=O) groups is 1. The second-order valence-corrected chi connectivity index (χ2v) is 4.98. The zero-order chi connectivity index (χ0) is 10.3. The molecule has 1 aromatic carbocycles. The first-order valence-electron chi connectivity index (χ1n) is 4.86. The minimum atomic E-state index is 0.287. The molecule has 1 fully saturated rings. The van der Waals surface area contributed by atoms with Crippen LogP contribution in [0.25, 0.3) is 0 Å². The van der Waals surface area contributed by atoms with Gasteiger partial charge in [0.05, 0.1) is 0 Å². The molecule has 2 rings (SSSR count). The highest BCUT2D eigenvalue weighted by atomic mass is 79.9. The van der Waals surface area contributed by atoms with E-state index in [1.807, 2.05) is 0 Å². The van der Waals surface area contributed by atoms with E-state index in [1.165, 1.54) is 11.1 Å². The van der Waals surface area contributed by atoms with Gasteiger partial charge in [-0.15, -0.1) is 0 Å². The molecule has 1 nitrogen and oxygen atoms in total. The third kappa shape index (κ3) is 1.76. The third-order valence-electron chi connectivity index (χ3n) is 2.94. The molecule has 0 N–H and O–H groups in total. The molecule has 0 amide bonds. The van der Waals surface area contributed by atoms with Gasteiger partial charge in [0.15, 0.2) is 0 Å². The molecule has 1 aliphatic carbocycles. The van der Waals surface area contributed by atoms with Gasteiger partial charge in [-0.3, -0.25) is 4.79 Å². The zero-order valence-corrected chi connectivity index (χ0v) is 9.97. The van der Waals surface area contributed by atoms with E-state index in [9.17, 15) is 4.79 Å². The fraction of sp³-hybridized carbons (Fsp3) is 0.417. The molecule has 0 spiro atoms. The number of carbonyl (C=O) groups excluding carboxylic acids is 1. The van der Waals surface area contributed by atoms with E-state index < -0.39 is 0 Å². The summed E-state index contributed by atoms with van der Waals surface area (Å²) < 4.78 is 1.11. The van der Waals surface area contributed by atoms with Gasteiger partial charge in [0.2, 0.25) is 0 Å². The van der Waals surface area contributed by atoms with Gasteiger partial charge in [-0.2, -0.15) is 0 Å². The van der Waals surface area contributed by atoms with E-state index in [-0.39, 0.29) is 5.92 Å². The zero-order valence-electron chi connectivity index (χ0n) is 8.38. The van der Waals surface area contributed by atoms with Gasteiger partial charge in [0.25, 0.3) is 0 Å². The molecule has 74 valence electrons. The lowest BCUT2D eigenvalue weighted by Gasteiger charge is -2.04. The number of hydrogen-bond donors (Lipinski definition) is 0. The molecule has 14 heavy (non-hydrogen) atoms. The maximum Gasteiger partial charge on any atom is 0.133 e. The van der Waals surface area contributed by atoms with Crippen molar-refractivity contribution in [3.63, 3.8) is 0 Å². The fourth-order valence-corrected chi connectivity index (χ4v) is 2.52. The van der Waals surface area contributed by atoms with Gasteiger partial charge in [0.1, 0.15) is 5.78 Å². The SMILES string of the molecule is CC(=O)C1CC1c1ccc(Br)cc1C. The van der Waals surface area contributed by atoms with Crippen molar-refractivity contribution in [2.45, 2.75) is 26.2 Å². The molecule has 2 atom stereocenters. The Hall–Kier alpha value is -0.630. The minimum Gasteiger partial charge on any atom is -0.300 e. The summed E-state index contributed by atoms with van der Waals surface area (Å²) in [5.74, 6) is 1.10. The molecular formula is C12H13BrO. The molecule has 2 heteroatoms. The molecule has 1 aromatic rings. The molecule has 0 bridgehead atoms. The maximum atomic E-state index is 11.2. The Kier molecular flexibility index (Phi) is 2.48. The summed E-state index contributed by atoms with van der Waals surface area (Å²) in [4.78, 5) is 11.2. The molecule has 0 heterocycles. The van der Waals surface area contributed by atoms with Crippen molar-refractivity contribution in [1.82, 2.24) is 0 Å². The second kappa shape index (κ2) is 3.50. The van der Waals surface area contributed by atoms with Crippen LogP contribution in [0.2, 0.25) is 0 Å². The Morgan fingerprint density at radius 3 is 2.71 bits per heavy atom. The predicted octanol–water partition coefficient (Wildman–Crippen LogP) is 3.45. The fourth-order valence-electron chi connectivity index (χ4n) is 2.04. The monoisotopic (exact) mass is 252 g/mol. The minimum absolute atomic E-state index is 0.287. The molecular weight excluding hydrogens is 240 g/mol. The highest BCUT2D eigenvalue weighted by molar-refractivity contribution is 9.10. The van der Waals surface area contributed by atoms with Crippen LogP contribution in [-0.2, 0) is 4.79 Å². The van der Waals surface area contributed by atoms with E-state index in [0.717, 1.165) is 10.9 Å². The van der Waals surface area contributed by atoms with Crippen LogP contribution in [0.5, 0.6) is 0 Å². The summed E-state index contributed by atoms with van der Waals surface area (Å²) in [6.45, 7) is 3.80. The largest absolute Gasteiger partial charge is 0.300 e. The summed E-state index contributed by atoms with van der Waals surface area (Å²) in [5, 5.41) is 0. The van der Waals surface area contributed by atoms with Crippen molar-refractivity contribution < 1.29 is 4.79 Å². The quantitative estimate of drug-likeness (QED) is 0.788. The first kappa shape index (κ1) is 9.91. The normalized spacial score (nSPS) is 24.8. The van der Waals surface area contributed by atoms with Gasteiger partial charge < -0.3 is 0 Å². The van der Waals surface area contributed by atoms with E-state index in [0.29, 0.717) is 11.7 Å². The van der Waals surface area contributed by atoms with Crippen molar-refractivity contribution >= 4 is 21.7 Å². The number of rotatable bonds is 2. The average Bonchev–Trinajstić information content (AvgIpc) is 2.83. The van der Waals surface area contributed by atoms with Gasteiger partial charge in [-0.05, 0) is 49.4 Å². The highest BCUT2D eigenvalue weighted by Gasteiger charge is 2.42. The second-order valence-electron chi connectivity index (χ2n) is 4.06. The topological polar surface area (TPSA) is 17.1 Å². The highest BCUT2D eigenvalue weighted by Crippen LogP contribution is 2.49. The van der Waals surface area contributed by atoms with Crippen LogP contribution < -0.4 is 0 Å². The Bertz CT molecular complexity index is 384. The smallest absolute Gasteiger partial charge is 0.133 e. The lowest BCUT2D eigenvalue weighted by atomic mass is 10.0. The molecule has 0 aromatic heterocycles. The molecule has 0 radical (unpaired) electrons. The molecule has 2 unspecified atom stereocenters. The van der Waals surface area contributed by atoms with Gasteiger partial charge >= 0.3 is 0 Å². The summed E-state index contributed by atoms with van der Waals surface area (Å²) in [7, 11) is 0. The number of hydrogen-bond acceptors (Lipinski definition) is 1. The van der Waals surface area contributed by atoms with Crippen LogP contribution in [0.1, 0.15) is 30.4 Å². The molecule has 1 saturated carbocycles. The third-order valence-corrected chi connectivity index (χ3v) is 3.44. The Labute approximate surface area is 92.6 Å². The number of benzene rings is 1. The Balaban J connectivity index is 2.23. The number of halogens is 1. The maximum absolute atomic E-state index is 11.2. The van der Waals surface area contributed by atoms with Crippen LogP contribution in [0.4, 0.5) is 0 Å². The van der Waals surface area contributed by atoms with E-state index >= 15 is 0 Å². The van der Waals surface area contributed by atoms with Crippen LogP contribution in [0.15, 0.2) is 22.7 Å². The van der Waals surface area contributed by atoms with Crippen molar-refractivity contribution in [2.75, 3.05) is 0 Å². The van der Waals surface area contributed by atoms with Gasteiger partial charge in [-0.1, -0.05) is 22.0 Å². The Morgan fingerprint density at radius 2 is 2.21 bits per heavy atom. The number of ketones is 1. The van der Waals surface area contributed by atoms with Crippen LogP contribution in [-0.4, -0.2) is 5.78 Å². The molecule has 1 aliphatic rings. The van der Waals surface area contributed by atoms with Crippen molar-refractivity contribution in [3.8, 4) is 0 Å². The first-order valence-corrected chi connectivity index (χ1v) is 5.65. The van der Waals surface area contributed by atoms with E-state index in [1.54, 1.807) is 6.92 Å². The van der Waals surface area contributed by atoms with Crippen molar-refractivity contribution in [1.29, 1.82) is 0 Å². The molecule has 0 aliphatic heterocycles. The van der Waals surface area contributed by atoms with Gasteiger partial charge in [0, 0.05) is 10.4 Å². The van der Waals surface area contributed by atoms with Crippen LogP contribution >= 0.6 is 15.9 Å². The van der Waals surface area contributed by atoms with Crippen molar-refractivity contribution in [3.05, 3.63) is 33.8 Å². The van der Waals surface area contributed by atoms with Crippen LogP contribution in [0.3, 0.4) is 0 Å². The summed E-state index contributed by atoms with van der Waals surface area (Å²) in [6.07, 6.45) is 1.04. The lowest BCUT2D eigenvalue weighted by molar-refractivity contribution is -0.118. The standard InChI is InChI=1S/C12H13BrO/c1-7-5-9(13)3-4-10(7)12-6-11(12)8(2)14/h3-5,11-12H,6H2,1-2H3. The van der Waals surface area contributed by atoms with E-state index in [2.05, 4.69) is 41.1 Å². The van der Waals surface area contributed by atoms with Gasteiger partial charge in [-0.25, -0.2) is 0 Å². The lowest BCUT2D eigenvalue weighted by Crippen LogP contribution is -1.96. The number of Topliss-reactive ketones (excluding diaryl/α,β-unsaturated/α-hetero) is 1. The summed E-state index contributed by atoms with van der Waals surface area (Å²) in [6, 6.07) is 6.30. The molecule has 0 saturated heterocycles. The number of aryl methyl sites for hydroxylation is 1. The summed E-state index contributed by atoms with van der Waals surface area (Å²) in [5.41, 5.74) is 2.63. The first-order chi connectivity index (χ1) is 6.59. The van der Waals surface area contributed by atoms with Crippen molar-refractivity contribution in [2.24, 2.45) is 5.92 Å². The van der Waals surface area contributed by atoms with Crippen LogP contribution in [0, 0.1) is 12.8 Å².